The maximum absolute atomic E-state index is 5.05. The Morgan fingerprint density at radius 1 is 1.12 bits per heavy atom. The summed E-state index contributed by atoms with van der Waals surface area (Å²) in [5, 5.41) is 1.33. The predicted molar refractivity (Wildman–Crippen MR) is 108 cm³/mol. The van der Waals surface area contributed by atoms with E-state index < -0.39 is 0 Å². The number of rotatable bonds is 2. The molecule has 2 aliphatic rings. The second kappa shape index (κ2) is 6.81. The first kappa shape index (κ1) is 17.2. The Kier molecular flexibility index (Phi) is 4.67. The summed E-state index contributed by atoms with van der Waals surface area (Å²) in [6.07, 6.45) is 4.80. The summed E-state index contributed by atoms with van der Waals surface area (Å²) < 4.78 is 1.32. The van der Waals surface area contributed by atoms with E-state index in [-0.39, 0.29) is 0 Å². The molecule has 1 saturated heterocycles. The summed E-state index contributed by atoms with van der Waals surface area (Å²) in [6.45, 7) is 7.95. The quantitative estimate of drug-likeness (QED) is 0.749. The van der Waals surface area contributed by atoms with Crippen molar-refractivity contribution >= 4 is 27.3 Å². The first-order valence-corrected chi connectivity index (χ1v) is 10.5. The van der Waals surface area contributed by atoms with Crippen LogP contribution in [-0.4, -0.2) is 41.3 Å². The summed E-state index contributed by atoms with van der Waals surface area (Å²) in [5.41, 5.74) is 3.72. The monoisotopic (exact) mass is 355 g/mol. The Balaban J connectivity index is 1.60. The number of hydrogen-bond donors (Lipinski definition) is 0. The lowest BCUT2D eigenvalue weighted by atomic mass is 9.88. The first-order chi connectivity index (χ1) is 12.0. The van der Waals surface area contributed by atoms with Gasteiger partial charge in [0.15, 0.2) is 0 Å². The number of aromatic nitrogens is 1. The molecule has 2 aromatic rings. The Labute approximate surface area is 155 Å². The summed E-state index contributed by atoms with van der Waals surface area (Å²) in [7, 11) is 2.25. The SMILES string of the molecule is CC1CC(c2nc3cc(C4=NC[C@@H](C)CC4)ccc3s2)CC(C)N1C. The Morgan fingerprint density at radius 2 is 1.88 bits per heavy atom. The van der Waals surface area contributed by atoms with Gasteiger partial charge in [-0.25, -0.2) is 4.98 Å². The molecule has 3 heterocycles. The van der Waals surface area contributed by atoms with Crippen LogP contribution in [-0.2, 0) is 0 Å². The molecule has 1 fully saturated rings. The zero-order chi connectivity index (χ0) is 17.6. The molecule has 0 bridgehead atoms. The number of hydrogen-bond acceptors (Lipinski definition) is 4. The highest BCUT2D eigenvalue weighted by Crippen LogP contribution is 2.38. The molecule has 4 rings (SSSR count). The van der Waals surface area contributed by atoms with Gasteiger partial charge in [-0.15, -0.1) is 11.3 Å². The number of fused-ring (bicyclic) bond motifs is 1. The zero-order valence-corrected chi connectivity index (χ0v) is 16.6. The standard InChI is InChI=1S/C21H29N3S/c1-13-5-7-18(22-12-13)16-6-8-20-19(11-16)23-21(25-20)17-9-14(2)24(4)15(3)10-17/h6,8,11,13-15,17H,5,7,9-10,12H2,1-4H3/t13-,14?,15?,17?/m0/s1. The van der Waals surface area contributed by atoms with Crippen LogP contribution in [0.15, 0.2) is 23.2 Å². The number of likely N-dealkylation sites (tertiary alicyclic amines) is 1. The van der Waals surface area contributed by atoms with Gasteiger partial charge in [-0.05, 0) is 70.2 Å². The van der Waals surface area contributed by atoms with Crippen molar-refractivity contribution in [2.24, 2.45) is 10.9 Å². The van der Waals surface area contributed by atoms with Gasteiger partial charge in [-0.2, -0.15) is 0 Å². The fraction of sp³-hybridized carbons (Fsp3) is 0.619. The average Bonchev–Trinajstić information content (AvgIpc) is 3.03. The van der Waals surface area contributed by atoms with Crippen LogP contribution in [0.5, 0.6) is 0 Å². The minimum atomic E-state index is 0.606. The third kappa shape index (κ3) is 3.39. The molecule has 3 nitrogen and oxygen atoms in total. The van der Waals surface area contributed by atoms with Crippen LogP contribution in [0.2, 0.25) is 0 Å². The van der Waals surface area contributed by atoms with Crippen LogP contribution in [0.25, 0.3) is 10.2 Å². The molecule has 134 valence electrons. The molecule has 0 aliphatic carbocycles. The second-order valence-electron chi connectivity index (χ2n) is 8.20. The maximum atomic E-state index is 5.05. The van der Waals surface area contributed by atoms with Crippen LogP contribution < -0.4 is 0 Å². The Bertz CT molecular complexity index is 782. The van der Waals surface area contributed by atoms with Gasteiger partial charge in [0.2, 0.25) is 0 Å². The van der Waals surface area contributed by atoms with Crippen molar-refractivity contribution in [1.82, 2.24) is 9.88 Å². The number of nitrogens with zero attached hydrogens (tertiary/aromatic N) is 3. The van der Waals surface area contributed by atoms with Crippen molar-refractivity contribution in [3.05, 3.63) is 28.8 Å². The fourth-order valence-electron chi connectivity index (χ4n) is 4.24. The third-order valence-corrected chi connectivity index (χ3v) is 7.39. The molecule has 3 atom stereocenters. The lowest BCUT2D eigenvalue weighted by molar-refractivity contribution is 0.122. The van der Waals surface area contributed by atoms with Crippen LogP contribution in [0.3, 0.4) is 0 Å². The molecule has 2 aliphatic heterocycles. The molecule has 25 heavy (non-hydrogen) atoms. The van der Waals surface area contributed by atoms with Crippen LogP contribution >= 0.6 is 11.3 Å². The van der Waals surface area contributed by atoms with E-state index in [2.05, 4.69) is 50.9 Å². The van der Waals surface area contributed by atoms with E-state index in [9.17, 15) is 0 Å². The Morgan fingerprint density at radius 3 is 2.56 bits per heavy atom. The smallest absolute Gasteiger partial charge is 0.0970 e. The molecule has 0 saturated carbocycles. The predicted octanol–water partition coefficient (Wildman–Crippen LogP) is 5.10. The van der Waals surface area contributed by atoms with Gasteiger partial charge < -0.3 is 4.90 Å². The van der Waals surface area contributed by atoms with Crippen LogP contribution in [0, 0.1) is 5.92 Å². The van der Waals surface area contributed by atoms with Gasteiger partial charge in [0.1, 0.15) is 0 Å². The molecule has 0 amide bonds. The molecule has 2 unspecified atom stereocenters. The van der Waals surface area contributed by atoms with Crippen LogP contribution in [0.1, 0.15) is 62.9 Å². The zero-order valence-electron chi connectivity index (χ0n) is 15.8. The van der Waals surface area contributed by atoms with Gasteiger partial charge in [-0.1, -0.05) is 13.0 Å². The van der Waals surface area contributed by atoms with Crippen molar-refractivity contribution in [2.45, 2.75) is 64.5 Å². The number of aliphatic imine (C=N–C) groups is 1. The van der Waals surface area contributed by atoms with Crippen LogP contribution in [0.4, 0.5) is 0 Å². The van der Waals surface area contributed by atoms with E-state index in [1.165, 1.54) is 40.2 Å². The van der Waals surface area contributed by atoms with Crippen molar-refractivity contribution < 1.29 is 0 Å². The van der Waals surface area contributed by atoms with Gasteiger partial charge in [0.05, 0.1) is 15.2 Å². The molecule has 0 N–H and O–H groups in total. The van der Waals surface area contributed by atoms with E-state index in [1.54, 1.807) is 0 Å². The summed E-state index contributed by atoms with van der Waals surface area (Å²) in [4.78, 5) is 12.3. The van der Waals surface area contributed by atoms with Crippen molar-refractivity contribution in [3.63, 3.8) is 0 Å². The number of thiazole rings is 1. The first-order valence-electron chi connectivity index (χ1n) is 9.67. The fourth-order valence-corrected chi connectivity index (χ4v) is 5.32. The minimum absolute atomic E-state index is 0.606. The largest absolute Gasteiger partial charge is 0.301 e. The normalized spacial score (nSPS) is 31.3. The summed E-state index contributed by atoms with van der Waals surface area (Å²) >= 11 is 1.90. The van der Waals surface area contributed by atoms with Gasteiger partial charge >= 0.3 is 0 Å². The van der Waals surface area contributed by atoms with E-state index in [0.717, 1.165) is 24.4 Å². The molecular formula is C21H29N3S. The minimum Gasteiger partial charge on any atom is -0.301 e. The number of piperidine rings is 1. The number of benzene rings is 1. The van der Waals surface area contributed by atoms with E-state index in [0.29, 0.717) is 18.0 Å². The van der Waals surface area contributed by atoms with E-state index >= 15 is 0 Å². The van der Waals surface area contributed by atoms with E-state index in [1.807, 2.05) is 11.3 Å². The molecule has 0 radical (unpaired) electrons. The lowest BCUT2D eigenvalue weighted by Gasteiger charge is -2.39. The topological polar surface area (TPSA) is 28.5 Å². The summed E-state index contributed by atoms with van der Waals surface area (Å²) in [5.74, 6) is 1.33. The van der Waals surface area contributed by atoms with Gasteiger partial charge in [0, 0.05) is 30.3 Å². The highest BCUT2D eigenvalue weighted by molar-refractivity contribution is 7.18. The Hall–Kier alpha value is -1.26. The second-order valence-corrected chi connectivity index (χ2v) is 9.26. The third-order valence-electron chi connectivity index (χ3n) is 6.20. The highest BCUT2D eigenvalue weighted by atomic mass is 32.1. The van der Waals surface area contributed by atoms with Gasteiger partial charge in [-0.3, -0.25) is 4.99 Å². The maximum Gasteiger partial charge on any atom is 0.0970 e. The molecule has 0 spiro atoms. The van der Waals surface area contributed by atoms with Crippen molar-refractivity contribution in [3.8, 4) is 0 Å². The summed E-state index contributed by atoms with van der Waals surface area (Å²) in [6, 6.07) is 8.05. The van der Waals surface area contributed by atoms with Gasteiger partial charge in [0.25, 0.3) is 0 Å². The molecule has 1 aromatic carbocycles. The van der Waals surface area contributed by atoms with Crippen molar-refractivity contribution in [1.29, 1.82) is 0 Å². The average molecular weight is 356 g/mol. The van der Waals surface area contributed by atoms with Crippen molar-refractivity contribution in [2.75, 3.05) is 13.6 Å². The lowest BCUT2D eigenvalue weighted by Crippen LogP contribution is -2.43. The molecular weight excluding hydrogens is 326 g/mol. The van der Waals surface area contributed by atoms with E-state index in [4.69, 9.17) is 9.98 Å². The molecule has 1 aromatic heterocycles. The molecule has 4 heteroatoms. The highest BCUT2D eigenvalue weighted by Gasteiger charge is 2.30.